The van der Waals surface area contributed by atoms with Gasteiger partial charge in [-0.1, -0.05) is 13.8 Å². The van der Waals surface area contributed by atoms with Crippen LogP contribution in [0.5, 0.6) is 6.01 Å². The SMILES string of the molecule is CCCNc1nc(OCCC)nc(N2CCCC(O)C2)n1. The van der Waals surface area contributed by atoms with E-state index in [-0.39, 0.29) is 6.10 Å². The minimum atomic E-state index is -0.317. The van der Waals surface area contributed by atoms with Crippen LogP contribution < -0.4 is 15.0 Å². The summed E-state index contributed by atoms with van der Waals surface area (Å²) in [5.74, 6) is 1.11. The van der Waals surface area contributed by atoms with Gasteiger partial charge < -0.3 is 20.1 Å². The third kappa shape index (κ3) is 4.70. The minimum Gasteiger partial charge on any atom is -0.463 e. The number of anilines is 2. The zero-order valence-electron chi connectivity index (χ0n) is 12.9. The fraction of sp³-hybridized carbons (Fsp3) is 0.786. The Labute approximate surface area is 125 Å². The van der Waals surface area contributed by atoms with Gasteiger partial charge in [0.25, 0.3) is 0 Å². The summed E-state index contributed by atoms with van der Waals surface area (Å²) in [5.41, 5.74) is 0. The summed E-state index contributed by atoms with van der Waals surface area (Å²) in [7, 11) is 0. The summed E-state index contributed by atoms with van der Waals surface area (Å²) < 4.78 is 5.54. The van der Waals surface area contributed by atoms with E-state index in [1.807, 2.05) is 11.8 Å². The molecule has 1 aromatic heterocycles. The smallest absolute Gasteiger partial charge is 0.323 e. The molecule has 1 aliphatic rings. The first-order chi connectivity index (χ1) is 10.2. The van der Waals surface area contributed by atoms with Crippen LogP contribution in [0.1, 0.15) is 39.5 Å². The van der Waals surface area contributed by atoms with Gasteiger partial charge >= 0.3 is 6.01 Å². The Hall–Kier alpha value is -1.63. The van der Waals surface area contributed by atoms with E-state index in [0.717, 1.165) is 38.8 Å². The van der Waals surface area contributed by atoms with Crippen LogP contribution in [-0.2, 0) is 0 Å². The van der Waals surface area contributed by atoms with Crippen molar-refractivity contribution in [3.05, 3.63) is 0 Å². The lowest BCUT2D eigenvalue weighted by Crippen LogP contribution is -2.39. The standard InChI is InChI=1S/C14H25N5O2/c1-3-7-15-12-16-13(18-14(17-12)21-9-4-2)19-8-5-6-11(20)10-19/h11,20H,3-10H2,1-2H3,(H,15,16,17,18). The van der Waals surface area contributed by atoms with Crippen LogP contribution in [0.15, 0.2) is 0 Å². The number of β-amino-alcohol motifs (C(OH)–C–C–N with tert-alkyl or cyclic N) is 1. The van der Waals surface area contributed by atoms with Crippen molar-refractivity contribution < 1.29 is 9.84 Å². The van der Waals surface area contributed by atoms with Crippen LogP contribution in [0, 0.1) is 0 Å². The molecule has 1 saturated heterocycles. The molecule has 1 aromatic rings. The van der Waals surface area contributed by atoms with Crippen molar-refractivity contribution in [1.29, 1.82) is 0 Å². The lowest BCUT2D eigenvalue weighted by atomic mass is 10.1. The number of hydrogen-bond donors (Lipinski definition) is 2. The summed E-state index contributed by atoms with van der Waals surface area (Å²) in [6, 6.07) is 0.348. The molecular weight excluding hydrogens is 270 g/mol. The summed E-state index contributed by atoms with van der Waals surface area (Å²) in [5, 5.41) is 13.0. The minimum absolute atomic E-state index is 0.317. The molecule has 0 saturated carbocycles. The van der Waals surface area contributed by atoms with Crippen LogP contribution in [0.3, 0.4) is 0 Å². The second-order valence-corrected chi connectivity index (χ2v) is 5.26. The van der Waals surface area contributed by atoms with Crippen LogP contribution in [0.2, 0.25) is 0 Å². The van der Waals surface area contributed by atoms with Gasteiger partial charge in [0.05, 0.1) is 12.7 Å². The molecule has 7 heteroatoms. The number of ether oxygens (including phenoxy) is 1. The zero-order chi connectivity index (χ0) is 15.1. The van der Waals surface area contributed by atoms with E-state index in [0.29, 0.717) is 31.1 Å². The Morgan fingerprint density at radius 2 is 2.14 bits per heavy atom. The van der Waals surface area contributed by atoms with Gasteiger partial charge in [-0.05, 0) is 25.7 Å². The Bertz CT molecular complexity index is 417. The average Bonchev–Trinajstić information content (AvgIpc) is 2.50. The van der Waals surface area contributed by atoms with E-state index in [1.54, 1.807) is 0 Å². The predicted molar refractivity (Wildman–Crippen MR) is 81.8 cm³/mol. The summed E-state index contributed by atoms with van der Waals surface area (Å²) in [6.45, 7) is 6.93. The highest BCUT2D eigenvalue weighted by atomic mass is 16.5. The maximum Gasteiger partial charge on any atom is 0.323 e. The molecule has 0 radical (unpaired) electrons. The van der Waals surface area contributed by atoms with E-state index >= 15 is 0 Å². The van der Waals surface area contributed by atoms with Gasteiger partial charge in [-0.3, -0.25) is 0 Å². The number of aliphatic hydroxyl groups excluding tert-OH is 1. The molecule has 1 unspecified atom stereocenters. The second-order valence-electron chi connectivity index (χ2n) is 5.26. The summed E-state index contributed by atoms with van der Waals surface area (Å²) in [4.78, 5) is 15.1. The maximum absolute atomic E-state index is 9.80. The van der Waals surface area contributed by atoms with Crippen LogP contribution >= 0.6 is 0 Å². The highest BCUT2D eigenvalue weighted by molar-refractivity contribution is 5.39. The quantitative estimate of drug-likeness (QED) is 0.787. The highest BCUT2D eigenvalue weighted by Gasteiger charge is 2.21. The molecule has 0 aromatic carbocycles. The molecule has 7 nitrogen and oxygen atoms in total. The third-order valence-corrected chi connectivity index (χ3v) is 3.25. The Balaban J connectivity index is 2.16. The van der Waals surface area contributed by atoms with Gasteiger partial charge in [0.2, 0.25) is 11.9 Å². The number of aromatic nitrogens is 3. The molecule has 1 fully saturated rings. The van der Waals surface area contributed by atoms with Gasteiger partial charge in [-0.25, -0.2) is 0 Å². The van der Waals surface area contributed by atoms with E-state index < -0.39 is 0 Å². The lowest BCUT2D eigenvalue weighted by molar-refractivity contribution is 0.153. The molecule has 2 N–H and O–H groups in total. The average molecular weight is 295 g/mol. The van der Waals surface area contributed by atoms with Crippen molar-refractivity contribution in [2.45, 2.75) is 45.6 Å². The first-order valence-electron chi connectivity index (χ1n) is 7.78. The number of rotatable bonds is 7. The first kappa shape index (κ1) is 15.8. The fourth-order valence-corrected chi connectivity index (χ4v) is 2.20. The number of hydrogen-bond acceptors (Lipinski definition) is 7. The molecule has 0 aliphatic carbocycles. The van der Waals surface area contributed by atoms with Crippen LogP contribution in [0.25, 0.3) is 0 Å². The van der Waals surface area contributed by atoms with E-state index in [9.17, 15) is 5.11 Å². The van der Waals surface area contributed by atoms with E-state index in [4.69, 9.17) is 4.74 Å². The predicted octanol–water partition coefficient (Wildman–Crippen LogP) is 1.44. The molecule has 1 aliphatic heterocycles. The van der Waals surface area contributed by atoms with Crippen LogP contribution in [-0.4, -0.2) is 52.4 Å². The zero-order valence-corrected chi connectivity index (χ0v) is 12.9. The Morgan fingerprint density at radius 1 is 1.29 bits per heavy atom. The molecule has 2 rings (SSSR count). The van der Waals surface area contributed by atoms with Crippen molar-refractivity contribution in [2.24, 2.45) is 0 Å². The van der Waals surface area contributed by atoms with Gasteiger partial charge in [0.15, 0.2) is 0 Å². The summed E-state index contributed by atoms with van der Waals surface area (Å²) >= 11 is 0. The monoisotopic (exact) mass is 295 g/mol. The largest absolute Gasteiger partial charge is 0.463 e. The molecule has 0 bridgehead atoms. The van der Waals surface area contributed by atoms with Gasteiger partial charge in [0, 0.05) is 19.6 Å². The van der Waals surface area contributed by atoms with Gasteiger partial charge in [-0.15, -0.1) is 0 Å². The van der Waals surface area contributed by atoms with Crippen molar-refractivity contribution in [3.63, 3.8) is 0 Å². The van der Waals surface area contributed by atoms with Crippen LogP contribution in [0.4, 0.5) is 11.9 Å². The maximum atomic E-state index is 9.80. The molecular formula is C14H25N5O2. The topological polar surface area (TPSA) is 83.4 Å². The van der Waals surface area contributed by atoms with Crippen molar-refractivity contribution >= 4 is 11.9 Å². The lowest BCUT2D eigenvalue weighted by Gasteiger charge is -2.30. The number of nitrogens with zero attached hydrogens (tertiary/aromatic N) is 4. The summed E-state index contributed by atoms with van der Waals surface area (Å²) in [6.07, 6.45) is 3.36. The van der Waals surface area contributed by atoms with Gasteiger partial charge in [-0.2, -0.15) is 15.0 Å². The molecule has 1 atom stereocenters. The second kappa shape index (κ2) is 7.97. The number of aliphatic hydroxyl groups is 1. The Kier molecular flexibility index (Phi) is 5.98. The molecule has 0 amide bonds. The molecule has 118 valence electrons. The van der Waals surface area contributed by atoms with E-state index in [1.165, 1.54) is 0 Å². The first-order valence-corrected chi connectivity index (χ1v) is 7.78. The fourth-order valence-electron chi connectivity index (χ4n) is 2.20. The van der Waals surface area contributed by atoms with E-state index in [2.05, 4.69) is 27.2 Å². The number of piperidine rings is 1. The molecule has 2 heterocycles. The highest BCUT2D eigenvalue weighted by Crippen LogP contribution is 2.19. The molecule has 0 spiro atoms. The van der Waals surface area contributed by atoms with Crippen molar-refractivity contribution in [1.82, 2.24) is 15.0 Å². The third-order valence-electron chi connectivity index (χ3n) is 3.25. The van der Waals surface area contributed by atoms with Crippen molar-refractivity contribution in [3.8, 4) is 6.01 Å². The Morgan fingerprint density at radius 3 is 2.86 bits per heavy atom. The normalized spacial score (nSPS) is 18.6. The van der Waals surface area contributed by atoms with Gasteiger partial charge in [0.1, 0.15) is 0 Å². The van der Waals surface area contributed by atoms with Crippen molar-refractivity contribution in [2.75, 3.05) is 36.5 Å². The molecule has 21 heavy (non-hydrogen) atoms. The number of nitrogens with one attached hydrogen (secondary N) is 1.